The van der Waals surface area contributed by atoms with Crippen LogP contribution in [0.5, 0.6) is 0 Å². The fraction of sp³-hybridized carbons (Fsp3) is 0.667. The first-order valence-electron chi connectivity index (χ1n) is 8.35. The van der Waals surface area contributed by atoms with Crippen molar-refractivity contribution in [2.75, 3.05) is 6.54 Å². The zero-order valence-electron chi connectivity index (χ0n) is 12.7. The summed E-state index contributed by atoms with van der Waals surface area (Å²) in [6, 6.07) is 6.57. The lowest BCUT2D eigenvalue weighted by atomic mass is 9.81. The fourth-order valence-corrected chi connectivity index (χ4v) is 4.83. The number of hydrogen-bond donors (Lipinski definition) is 1. The third-order valence-corrected chi connectivity index (χ3v) is 6.30. The molecule has 0 amide bonds. The molecule has 4 atom stereocenters. The maximum absolute atomic E-state index is 6.40. The summed E-state index contributed by atoms with van der Waals surface area (Å²) in [6.45, 7) is 3.33. The molecule has 3 heteroatoms. The predicted molar refractivity (Wildman–Crippen MR) is 91.2 cm³/mol. The number of rotatable bonds is 6. The minimum absolute atomic E-state index is 0.552. The van der Waals surface area contributed by atoms with E-state index in [9.17, 15) is 0 Å². The van der Waals surface area contributed by atoms with E-state index in [0.29, 0.717) is 11.1 Å². The molecule has 1 aromatic rings. The molecule has 116 valence electrons. The van der Waals surface area contributed by atoms with E-state index in [4.69, 9.17) is 23.2 Å². The van der Waals surface area contributed by atoms with Gasteiger partial charge in [-0.25, -0.2) is 0 Å². The molecule has 21 heavy (non-hydrogen) atoms. The van der Waals surface area contributed by atoms with E-state index in [1.54, 1.807) is 0 Å². The van der Waals surface area contributed by atoms with Gasteiger partial charge in [0.25, 0.3) is 0 Å². The molecular weight excluding hydrogens is 301 g/mol. The molecule has 4 unspecified atom stereocenters. The molecular formula is C18H25Cl2N. The molecule has 1 aromatic carbocycles. The molecule has 0 aromatic heterocycles. The van der Waals surface area contributed by atoms with Gasteiger partial charge in [0.05, 0.1) is 10.0 Å². The van der Waals surface area contributed by atoms with Crippen LogP contribution in [0, 0.1) is 17.8 Å². The largest absolute Gasteiger partial charge is 0.313 e. The maximum Gasteiger partial charge on any atom is 0.0624 e. The molecule has 0 heterocycles. The van der Waals surface area contributed by atoms with Crippen LogP contribution in [-0.2, 0) is 6.42 Å². The number of hydrogen-bond acceptors (Lipinski definition) is 1. The molecule has 0 aliphatic heterocycles. The standard InChI is InChI=1S/C18H25Cl2N/c1-2-8-21-17(15-10-12-6-7-13(15)9-12)11-14-4-3-5-16(19)18(14)20/h3-5,12-13,15,17,21H,2,6-11H2,1H3. The first kappa shape index (κ1) is 15.6. The SMILES string of the molecule is CCCNC(Cc1cccc(Cl)c1Cl)C1CC2CCC1C2. The Bertz CT molecular complexity index is 488. The van der Waals surface area contributed by atoms with E-state index in [1.165, 1.54) is 37.7 Å². The van der Waals surface area contributed by atoms with Crippen LogP contribution >= 0.6 is 23.2 Å². The Hall–Kier alpha value is -0.240. The van der Waals surface area contributed by atoms with Gasteiger partial charge in [-0.2, -0.15) is 0 Å². The Kier molecular flexibility index (Phi) is 5.14. The third kappa shape index (κ3) is 3.41. The van der Waals surface area contributed by atoms with Crippen molar-refractivity contribution in [2.24, 2.45) is 17.8 Å². The smallest absolute Gasteiger partial charge is 0.0624 e. The van der Waals surface area contributed by atoms with Crippen LogP contribution < -0.4 is 5.32 Å². The molecule has 2 aliphatic rings. The van der Waals surface area contributed by atoms with Crippen LogP contribution in [0.2, 0.25) is 10.0 Å². The summed E-state index contributed by atoms with van der Waals surface area (Å²) < 4.78 is 0. The summed E-state index contributed by atoms with van der Waals surface area (Å²) in [5.41, 5.74) is 1.19. The minimum atomic E-state index is 0.552. The van der Waals surface area contributed by atoms with Gasteiger partial charge in [-0.3, -0.25) is 0 Å². The molecule has 3 rings (SSSR count). The number of benzene rings is 1. The van der Waals surface area contributed by atoms with Crippen molar-refractivity contribution in [3.63, 3.8) is 0 Å². The summed E-state index contributed by atoms with van der Waals surface area (Å²) in [5, 5.41) is 5.21. The second-order valence-electron chi connectivity index (χ2n) is 6.82. The summed E-state index contributed by atoms with van der Waals surface area (Å²) >= 11 is 12.6. The zero-order chi connectivity index (χ0) is 14.8. The average molecular weight is 326 g/mol. The topological polar surface area (TPSA) is 12.0 Å². The lowest BCUT2D eigenvalue weighted by Crippen LogP contribution is -2.40. The van der Waals surface area contributed by atoms with E-state index >= 15 is 0 Å². The van der Waals surface area contributed by atoms with E-state index in [2.05, 4.69) is 18.3 Å². The van der Waals surface area contributed by atoms with Gasteiger partial charge in [-0.05, 0) is 68.0 Å². The summed E-state index contributed by atoms with van der Waals surface area (Å²) in [4.78, 5) is 0. The monoisotopic (exact) mass is 325 g/mol. The van der Waals surface area contributed by atoms with Gasteiger partial charge in [0.2, 0.25) is 0 Å². The molecule has 1 nitrogen and oxygen atoms in total. The van der Waals surface area contributed by atoms with Crippen LogP contribution in [0.15, 0.2) is 18.2 Å². The summed E-state index contributed by atoms with van der Waals surface area (Å²) in [6.07, 6.45) is 7.94. The fourth-order valence-electron chi connectivity index (χ4n) is 4.43. The van der Waals surface area contributed by atoms with Crippen molar-refractivity contribution < 1.29 is 0 Å². The lowest BCUT2D eigenvalue weighted by Gasteiger charge is -2.32. The summed E-state index contributed by atoms with van der Waals surface area (Å²) in [7, 11) is 0. The number of halogens is 2. The second-order valence-corrected chi connectivity index (χ2v) is 7.60. The number of nitrogens with one attached hydrogen (secondary N) is 1. The van der Waals surface area contributed by atoms with Crippen molar-refractivity contribution in [2.45, 2.75) is 51.5 Å². The van der Waals surface area contributed by atoms with Crippen LogP contribution in [0.4, 0.5) is 0 Å². The van der Waals surface area contributed by atoms with Crippen molar-refractivity contribution in [3.8, 4) is 0 Å². The Labute approximate surface area is 138 Å². The van der Waals surface area contributed by atoms with Gasteiger partial charge in [0, 0.05) is 6.04 Å². The van der Waals surface area contributed by atoms with Crippen LogP contribution in [0.1, 0.15) is 44.6 Å². The highest BCUT2D eigenvalue weighted by atomic mass is 35.5. The van der Waals surface area contributed by atoms with Gasteiger partial charge in [-0.1, -0.05) is 48.7 Å². The van der Waals surface area contributed by atoms with Gasteiger partial charge >= 0.3 is 0 Å². The average Bonchev–Trinajstić information content (AvgIpc) is 3.10. The zero-order valence-corrected chi connectivity index (χ0v) is 14.3. The lowest BCUT2D eigenvalue weighted by molar-refractivity contribution is 0.247. The van der Waals surface area contributed by atoms with Crippen molar-refractivity contribution in [1.29, 1.82) is 0 Å². The van der Waals surface area contributed by atoms with Gasteiger partial charge in [0.15, 0.2) is 0 Å². The van der Waals surface area contributed by atoms with Gasteiger partial charge in [-0.15, -0.1) is 0 Å². The molecule has 2 aliphatic carbocycles. The van der Waals surface area contributed by atoms with Gasteiger partial charge in [0.1, 0.15) is 0 Å². The van der Waals surface area contributed by atoms with E-state index in [1.807, 2.05) is 12.1 Å². The number of fused-ring (bicyclic) bond motifs is 2. The highest BCUT2D eigenvalue weighted by Gasteiger charge is 2.42. The van der Waals surface area contributed by atoms with Crippen LogP contribution in [0.3, 0.4) is 0 Å². The van der Waals surface area contributed by atoms with E-state index in [-0.39, 0.29) is 0 Å². The normalized spacial score (nSPS) is 29.0. The predicted octanol–water partition coefficient (Wildman–Crippen LogP) is 5.34. The second kappa shape index (κ2) is 6.89. The Morgan fingerprint density at radius 2 is 2.10 bits per heavy atom. The van der Waals surface area contributed by atoms with E-state index in [0.717, 1.165) is 35.7 Å². The first-order valence-corrected chi connectivity index (χ1v) is 9.11. The molecule has 0 spiro atoms. The quantitative estimate of drug-likeness (QED) is 0.744. The highest BCUT2D eigenvalue weighted by Crippen LogP contribution is 2.50. The molecule has 2 saturated carbocycles. The van der Waals surface area contributed by atoms with Crippen LogP contribution in [0.25, 0.3) is 0 Å². The van der Waals surface area contributed by atoms with Crippen molar-refractivity contribution >= 4 is 23.2 Å². The molecule has 0 saturated heterocycles. The Morgan fingerprint density at radius 1 is 1.24 bits per heavy atom. The van der Waals surface area contributed by atoms with Crippen molar-refractivity contribution in [1.82, 2.24) is 5.32 Å². The minimum Gasteiger partial charge on any atom is -0.313 e. The van der Waals surface area contributed by atoms with E-state index < -0.39 is 0 Å². The highest BCUT2D eigenvalue weighted by molar-refractivity contribution is 6.42. The Morgan fingerprint density at radius 3 is 2.76 bits per heavy atom. The van der Waals surface area contributed by atoms with Crippen molar-refractivity contribution in [3.05, 3.63) is 33.8 Å². The molecule has 2 bridgehead atoms. The van der Waals surface area contributed by atoms with Crippen LogP contribution in [-0.4, -0.2) is 12.6 Å². The maximum atomic E-state index is 6.40. The Balaban J connectivity index is 1.74. The third-order valence-electron chi connectivity index (χ3n) is 5.44. The molecule has 2 fully saturated rings. The molecule has 1 N–H and O–H groups in total. The molecule has 0 radical (unpaired) electrons. The first-order chi connectivity index (χ1) is 10.2. The van der Waals surface area contributed by atoms with Gasteiger partial charge < -0.3 is 5.32 Å². The summed E-state index contributed by atoms with van der Waals surface area (Å²) in [5.74, 6) is 2.74.